The Morgan fingerprint density at radius 2 is 2.30 bits per heavy atom. The van der Waals surface area contributed by atoms with Gasteiger partial charge in [0, 0.05) is 24.1 Å². The molecule has 20 heavy (non-hydrogen) atoms. The van der Waals surface area contributed by atoms with Crippen LogP contribution in [0.3, 0.4) is 0 Å². The lowest BCUT2D eigenvalue weighted by molar-refractivity contribution is 0.245. The van der Waals surface area contributed by atoms with Gasteiger partial charge in [0.05, 0.1) is 6.10 Å². The number of nitrogen functional groups attached to an aromatic ring is 1. The molecule has 0 spiro atoms. The van der Waals surface area contributed by atoms with E-state index in [4.69, 9.17) is 10.5 Å². The lowest BCUT2D eigenvalue weighted by Gasteiger charge is -2.33. The Labute approximate surface area is 128 Å². The van der Waals surface area contributed by atoms with Gasteiger partial charge in [0.25, 0.3) is 0 Å². The molecule has 110 valence electrons. The fourth-order valence-electron chi connectivity index (χ4n) is 2.21. The first-order valence-electron chi connectivity index (χ1n) is 6.92. The highest BCUT2D eigenvalue weighted by Gasteiger charge is 2.27. The molecular formula is C14H21N3OS2. The molecule has 0 aliphatic carbocycles. The maximum atomic E-state index is 9.19. The van der Waals surface area contributed by atoms with E-state index >= 15 is 0 Å². The van der Waals surface area contributed by atoms with Gasteiger partial charge in [-0.25, -0.2) is 0 Å². The number of thiophene rings is 1. The van der Waals surface area contributed by atoms with Crippen LogP contribution in [-0.4, -0.2) is 30.2 Å². The van der Waals surface area contributed by atoms with Gasteiger partial charge in [-0.05, 0) is 20.3 Å². The molecule has 2 rings (SSSR count). The minimum absolute atomic E-state index is 0.0540. The number of rotatable bonds is 4. The van der Waals surface area contributed by atoms with Crippen LogP contribution in [0.25, 0.3) is 0 Å². The normalized spacial score (nSPS) is 19.1. The van der Waals surface area contributed by atoms with E-state index in [0.29, 0.717) is 21.6 Å². The molecule has 6 heteroatoms. The van der Waals surface area contributed by atoms with Crippen LogP contribution in [0, 0.1) is 11.3 Å². The zero-order chi connectivity index (χ0) is 14.7. The Kier molecular flexibility index (Phi) is 5.06. The van der Waals surface area contributed by atoms with Crippen molar-refractivity contribution in [1.82, 2.24) is 0 Å². The van der Waals surface area contributed by atoms with Gasteiger partial charge in [-0.2, -0.15) is 17.0 Å². The van der Waals surface area contributed by atoms with Gasteiger partial charge in [0.1, 0.15) is 21.6 Å². The summed E-state index contributed by atoms with van der Waals surface area (Å²) in [5.74, 6) is 1.81. The number of nitriles is 1. The van der Waals surface area contributed by atoms with Gasteiger partial charge in [-0.3, -0.25) is 0 Å². The number of ether oxygens (including phenoxy) is 1. The van der Waals surface area contributed by atoms with Gasteiger partial charge in [-0.15, -0.1) is 11.3 Å². The molecule has 1 atom stereocenters. The van der Waals surface area contributed by atoms with Crippen molar-refractivity contribution in [2.24, 2.45) is 0 Å². The second-order valence-electron chi connectivity index (χ2n) is 5.10. The third-order valence-corrected chi connectivity index (χ3v) is 5.74. The van der Waals surface area contributed by atoms with Crippen molar-refractivity contribution in [3.63, 3.8) is 0 Å². The molecule has 1 aliphatic rings. The van der Waals surface area contributed by atoms with Crippen LogP contribution in [0.4, 0.5) is 10.7 Å². The van der Waals surface area contributed by atoms with Crippen LogP contribution in [0.2, 0.25) is 0 Å². The van der Waals surface area contributed by atoms with Crippen LogP contribution in [-0.2, 0) is 0 Å². The quantitative estimate of drug-likeness (QED) is 0.924. The summed E-state index contributed by atoms with van der Waals surface area (Å²) in [5.41, 5.74) is 6.56. The predicted octanol–water partition coefficient (Wildman–Crippen LogP) is 3.32. The molecule has 1 aliphatic heterocycles. The summed E-state index contributed by atoms with van der Waals surface area (Å²) in [6.45, 7) is 8.17. The Hall–Kier alpha value is -1.06. The van der Waals surface area contributed by atoms with E-state index in [1.165, 1.54) is 11.3 Å². The van der Waals surface area contributed by atoms with Gasteiger partial charge < -0.3 is 15.4 Å². The van der Waals surface area contributed by atoms with E-state index in [0.717, 1.165) is 30.3 Å². The molecule has 0 radical (unpaired) electrons. The number of hydrogen-bond donors (Lipinski definition) is 1. The first-order chi connectivity index (χ1) is 9.56. The summed E-state index contributed by atoms with van der Waals surface area (Å²) >= 11 is 3.48. The highest BCUT2D eigenvalue weighted by Crippen LogP contribution is 2.46. The molecule has 0 aromatic carbocycles. The third-order valence-electron chi connectivity index (χ3n) is 3.22. The van der Waals surface area contributed by atoms with E-state index in [1.54, 1.807) is 0 Å². The maximum absolute atomic E-state index is 9.19. The molecule has 0 amide bonds. The molecule has 2 heterocycles. The van der Waals surface area contributed by atoms with Crippen LogP contribution in [0.15, 0.2) is 0 Å². The molecular weight excluding hydrogens is 290 g/mol. The Balaban J connectivity index is 2.32. The van der Waals surface area contributed by atoms with Crippen LogP contribution in [0.1, 0.15) is 32.1 Å². The summed E-state index contributed by atoms with van der Waals surface area (Å²) in [5, 5.41) is 10.9. The molecule has 0 bridgehead atoms. The second-order valence-corrected chi connectivity index (χ2v) is 7.51. The fourth-order valence-corrected chi connectivity index (χ4v) is 4.38. The van der Waals surface area contributed by atoms with Gasteiger partial charge in [-0.1, -0.05) is 6.92 Å². The molecule has 1 saturated heterocycles. The smallest absolute Gasteiger partial charge is 0.178 e. The zero-order valence-electron chi connectivity index (χ0n) is 12.2. The van der Waals surface area contributed by atoms with Crippen LogP contribution >= 0.6 is 23.1 Å². The van der Waals surface area contributed by atoms with E-state index in [1.807, 2.05) is 25.6 Å². The first-order valence-corrected chi connectivity index (χ1v) is 8.78. The predicted molar refractivity (Wildman–Crippen MR) is 88.0 cm³/mol. The third kappa shape index (κ3) is 3.15. The molecule has 2 N–H and O–H groups in total. The summed E-state index contributed by atoms with van der Waals surface area (Å²) < 4.78 is 5.87. The maximum Gasteiger partial charge on any atom is 0.178 e. The zero-order valence-corrected chi connectivity index (χ0v) is 13.8. The molecule has 1 aromatic rings. The monoisotopic (exact) mass is 311 g/mol. The molecule has 1 unspecified atom stereocenters. The Morgan fingerprint density at radius 1 is 1.55 bits per heavy atom. The largest absolute Gasteiger partial charge is 0.486 e. The first kappa shape index (κ1) is 15.3. The van der Waals surface area contributed by atoms with Crippen LogP contribution < -0.4 is 15.4 Å². The minimum Gasteiger partial charge on any atom is -0.486 e. The van der Waals surface area contributed by atoms with E-state index in [-0.39, 0.29) is 6.10 Å². The molecule has 1 fully saturated rings. The Bertz CT molecular complexity index is 507. The Morgan fingerprint density at radius 3 is 2.90 bits per heavy atom. The van der Waals surface area contributed by atoms with Crippen molar-refractivity contribution in [1.29, 1.82) is 5.26 Å². The van der Waals surface area contributed by atoms with Gasteiger partial charge >= 0.3 is 0 Å². The van der Waals surface area contributed by atoms with Crippen molar-refractivity contribution in [3.05, 3.63) is 4.88 Å². The number of thioether (sulfide) groups is 1. The number of nitrogens with zero attached hydrogens (tertiary/aromatic N) is 2. The highest BCUT2D eigenvalue weighted by molar-refractivity contribution is 8.00. The van der Waals surface area contributed by atoms with Crippen molar-refractivity contribution >= 4 is 33.8 Å². The molecule has 1 aromatic heterocycles. The summed E-state index contributed by atoms with van der Waals surface area (Å²) in [6.07, 6.45) is 1.21. The van der Waals surface area contributed by atoms with Crippen molar-refractivity contribution < 1.29 is 4.74 Å². The lowest BCUT2D eigenvalue weighted by atomic mass is 10.3. The van der Waals surface area contributed by atoms with Crippen molar-refractivity contribution in [3.8, 4) is 11.8 Å². The van der Waals surface area contributed by atoms with Crippen molar-refractivity contribution in [2.75, 3.05) is 29.5 Å². The molecule has 0 saturated carbocycles. The fraction of sp³-hybridized carbons (Fsp3) is 0.643. The standard InChI is InChI=1S/C14H21N3OS2/c1-4-10-8-17(5-6-19-10)14-13(18-9(2)3)12(16)11(7-15)20-14/h9-10H,4-6,8,16H2,1-3H3. The second kappa shape index (κ2) is 6.59. The average Bonchev–Trinajstić information content (AvgIpc) is 2.75. The van der Waals surface area contributed by atoms with E-state index in [2.05, 4.69) is 17.9 Å². The van der Waals surface area contributed by atoms with E-state index < -0.39 is 0 Å². The summed E-state index contributed by atoms with van der Waals surface area (Å²) in [6, 6.07) is 2.18. The van der Waals surface area contributed by atoms with E-state index in [9.17, 15) is 5.26 Å². The summed E-state index contributed by atoms with van der Waals surface area (Å²) in [7, 11) is 0. The van der Waals surface area contributed by atoms with Crippen molar-refractivity contribution in [2.45, 2.75) is 38.5 Å². The number of hydrogen-bond acceptors (Lipinski definition) is 6. The topological polar surface area (TPSA) is 62.3 Å². The van der Waals surface area contributed by atoms with Gasteiger partial charge in [0.15, 0.2) is 5.75 Å². The number of anilines is 2. The van der Waals surface area contributed by atoms with Gasteiger partial charge in [0.2, 0.25) is 0 Å². The average molecular weight is 311 g/mol. The lowest BCUT2D eigenvalue weighted by Crippen LogP contribution is -2.37. The SMILES string of the molecule is CCC1CN(c2sc(C#N)c(N)c2OC(C)C)CCS1. The highest BCUT2D eigenvalue weighted by atomic mass is 32.2. The minimum atomic E-state index is 0.0540. The summed E-state index contributed by atoms with van der Waals surface area (Å²) in [4.78, 5) is 2.88. The molecule has 4 nitrogen and oxygen atoms in total. The number of nitrogens with two attached hydrogens (primary N) is 1. The van der Waals surface area contributed by atoms with Crippen LogP contribution in [0.5, 0.6) is 5.75 Å².